The summed E-state index contributed by atoms with van der Waals surface area (Å²) < 4.78 is 24.6. The normalized spacial score (nSPS) is 25.8. The van der Waals surface area contributed by atoms with Crippen molar-refractivity contribution >= 4 is 0 Å². The summed E-state index contributed by atoms with van der Waals surface area (Å²) in [5.41, 5.74) is 0. The van der Waals surface area contributed by atoms with Crippen LogP contribution in [0.3, 0.4) is 0 Å². The van der Waals surface area contributed by atoms with Gasteiger partial charge in [-0.05, 0) is 38.8 Å². The average Bonchev–Trinajstić information content (AvgIpc) is 2.26. The number of rotatable bonds is 7. The Morgan fingerprint density at radius 1 is 1.29 bits per heavy atom. The van der Waals surface area contributed by atoms with Crippen molar-refractivity contribution in [3.63, 3.8) is 0 Å². The number of halogens is 2. The smallest absolute Gasteiger partial charge is 0.251 e. The van der Waals surface area contributed by atoms with Crippen molar-refractivity contribution in [3.05, 3.63) is 0 Å². The van der Waals surface area contributed by atoms with Gasteiger partial charge in [0.2, 0.25) is 0 Å². The van der Waals surface area contributed by atoms with Gasteiger partial charge in [-0.25, -0.2) is 8.78 Å². The zero-order chi connectivity index (χ0) is 12.7. The highest BCUT2D eigenvalue weighted by Gasteiger charge is 2.25. The van der Waals surface area contributed by atoms with Gasteiger partial charge in [-0.3, -0.25) is 0 Å². The van der Waals surface area contributed by atoms with E-state index < -0.39 is 6.43 Å². The Kier molecular flexibility index (Phi) is 6.97. The fourth-order valence-corrected chi connectivity index (χ4v) is 2.74. The highest BCUT2D eigenvalue weighted by atomic mass is 19.3. The van der Waals surface area contributed by atoms with Gasteiger partial charge in [0.15, 0.2) is 0 Å². The number of alkyl halides is 2. The molecule has 0 amide bonds. The van der Waals surface area contributed by atoms with Gasteiger partial charge in [-0.1, -0.05) is 19.8 Å². The lowest BCUT2D eigenvalue weighted by Gasteiger charge is -2.35. The van der Waals surface area contributed by atoms with E-state index in [9.17, 15) is 8.78 Å². The van der Waals surface area contributed by atoms with Crippen LogP contribution in [0.25, 0.3) is 0 Å². The van der Waals surface area contributed by atoms with Gasteiger partial charge in [0.25, 0.3) is 6.43 Å². The summed E-state index contributed by atoms with van der Waals surface area (Å²) in [5, 5.41) is 3.57. The van der Waals surface area contributed by atoms with Crippen LogP contribution in [0, 0.1) is 5.92 Å². The van der Waals surface area contributed by atoms with Gasteiger partial charge < -0.3 is 10.2 Å². The van der Waals surface area contributed by atoms with Crippen molar-refractivity contribution in [3.8, 4) is 0 Å². The Hall–Kier alpha value is -0.220. The summed E-state index contributed by atoms with van der Waals surface area (Å²) in [6.45, 7) is 3.90. The Labute approximate surface area is 104 Å². The molecule has 1 aliphatic rings. The largest absolute Gasteiger partial charge is 0.314 e. The second-order valence-electron chi connectivity index (χ2n) is 5.22. The number of hydrogen-bond acceptors (Lipinski definition) is 2. The summed E-state index contributed by atoms with van der Waals surface area (Å²) in [6.07, 6.45) is 3.82. The number of nitrogens with zero attached hydrogens (tertiary/aromatic N) is 1. The van der Waals surface area contributed by atoms with Crippen LogP contribution >= 0.6 is 0 Å². The van der Waals surface area contributed by atoms with Gasteiger partial charge in [0.1, 0.15) is 0 Å². The summed E-state index contributed by atoms with van der Waals surface area (Å²) in [6, 6.07) is 0.531. The van der Waals surface area contributed by atoms with Crippen LogP contribution in [-0.4, -0.2) is 44.0 Å². The maximum absolute atomic E-state index is 12.3. The lowest BCUT2D eigenvalue weighted by Crippen LogP contribution is -2.44. The molecule has 0 aliphatic heterocycles. The molecule has 0 spiro atoms. The lowest BCUT2D eigenvalue weighted by molar-refractivity contribution is 0.0841. The van der Waals surface area contributed by atoms with Crippen LogP contribution in [0.15, 0.2) is 0 Å². The zero-order valence-corrected chi connectivity index (χ0v) is 11.1. The summed E-state index contributed by atoms with van der Waals surface area (Å²) in [7, 11) is 1.80. The molecule has 1 rings (SSSR count). The second kappa shape index (κ2) is 7.98. The van der Waals surface area contributed by atoms with Gasteiger partial charge in [-0.15, -0.1) is 0 Å². The maximum Gasteiger partial charge on any atom is 0.251 e. The Morgan fingerprint density at radius 2 is 2.00 bits per heavy atom. The number of nitrogens with one attached hydrogen (secondary N) is 1. The highest BCUT2D eigenvalue weighted by Crippen LogP contribution is 2.25. The first-order valence-electron chi connectivity index (χ1n) is 6.83. The van der Waals surface area contributed by atoms with Crippen LogP contribution in [0.2, 0.25) is 0 Å². The van der Waals surface area contributed by atoms with Gasteiger partial charge in [0.05, 0.1) is 6.54 Å². The Morgan fingerprint density at radius 3 is 2.65 bits per heavy atom. The van der Waals surface area contributed by atoms with E-state index in [1.165, 1.54) is 25.7 Å². The summed E-state index contributed by atoms with van der Waals surface area (Å²) >= 11 is 0. The summed E-state index contributed by atoms with van der Waals surface area (Å²) in [5.74, 6) is 0.541. The predicted molar refractivity (Wildman–Crippen MR) is 67.5 cm³/mol. The van der Waals surface area contributed by atoms with E-state index >= 15 is 0 Å². The molecule has 0 aromatic rings. The SMILES string of the molecule is CCCNC1CCCCC1CN(C)CC(F)F. The predicted octanol–water partition coefficient (Wildman–Crippen LogP) is 2.74. The van der Waals surface area contributed by atoms with Crippen LogP contribution < -0.4 is 5.32 Å². The maximum atomic E-state index is 12.3. The molecule has 1 saturated carbocycles. The van der Waals surface area contributed by atoms with Gasteiger partial charge in [0, 0.05) is 12.6 Å². The standard InChI is InChI=1S/C13H26F2N2/c1-3-8-16-12-7-5-4-6-11(12)9-17(2)10-13(14)15/h11-13,16H,3-10H2,1-2H3. The van der Waals surface area contributed by atoms with E-state index in [0.717, 1.165) is 19.5 Å². The van der Waals surface area contributed by atoms with Crippen LogP contribution in [0.5, 0.6) is 0 Å². The minimum Gasteiger partial charge on any atom is -0.314 e. The first kappa shape index (κ1) is 14.8. The molecule has 4 heteroatoms. The van der Waals surface area contributed by atoms with E-state index in [1.54, 1.807) is 11.9 Å². The van der Waals surface area contributed by atoms with E-state index in [2.05, 4.69) is 12.2 Å². The molecule has 0 heterocycles. The molecule has 1 fully saturated rings. The van der Waals surface area contributed by atoms with Crippen molar-refractivity contribution < 1.29 is 8.78 Å². The molecule has 0 bridgehead atoms. The summed E-state index contributed by atoms with van der Waals surface area (Å²) in [4.78, 5) is 1.78. The third-order valence-electron chi connectivity index (χ3n) is 3.56. The zero-order valence-electron chi connectivity index (χ0n) is 11.1. The molecule has 2 nitrogen and oxygen atoms in total. The molecule has 17 heavy (non-hydrogen) atoms. The third-order valence-corrected chi connectivity index (χ3v) is 3.56. The van der Waals surface area contributed by atoms with Crippen molar-refractivity contribution in [1.29, 1.82) is 0 Å². The van der Waals surface area contributed by atoms with E-state index in [4.69, 9.17) is 0 Å². The number of hydrogen-bond donors (Lipinski definition) is 1. The molecule has 0 aromatic carbocycles. The lowest BCUT2D eigenvalue weighted by atomic mass is 9.84. The van der Waals surface area contributed by atoms with E-state index in [1.807, 2.05) is 0 Å². The van der Waals surface area contributed by atoms with Crippen molar-refractivity contribution in [2.45, 2.75) is 51.5 Å². The molecular weight excluding hydrogens is 222 g/mol. The molecule has 102 valence electrons. The topological polar surface area (TPSA) is 15.3 Å². The molecule has 1 aliphatic carbocycles. The fourth-order valence-electron chi connectivity index (χ4n) is 2.74. The quantitative estimate of drug-likeness (QED) is 0.745. The first-order chi connectivity index (χ1) is 8.13. The molecule has 1 N–H and O–H groups in total. The van der Waals surface area contributed by atoms with Crippen molar-refractivity contribution in [1.82, 2.24) is 10.2 Å². The van der Waals surface area contributed by atoms with E-state index in [0.29, 0.717) is 12.0 Å². The van der Waals surface area contributed by atoms with Crippen molar-refractivity contribution in [2.75, 3.05) is 26.7 Å². The molecule has 2 unspecified atom stereocenters. The molecule has 0 saturated heterocycles. The average molecular weight is 248 g/mol. The highest BCUT2D eigenvalue weighted by molar-refractivity contribution is 4.82. The van der Waals surface area contributed by atoms with E-state index in [-0.39, 0.29) is 6.54 Å². The second-order valence-corrected chi connectivity index (χ2v) is 5.22. The third kappa shape index (κ3) is 5.77. The van der Waals surface area contributed by atoms with Gasteiger partial charge in [-0.2, -0.15) is 0 Å². The molecule has 0 aromatic heterocycles. The minimum atomic E-state index is -2.22. The van der Waals surface area contributed by atoms with Gasteiger partial charge >= 0.3 is 0 Å². The van der Waals surface area contributed by atoms with Crippen LogP contribution in [-0.2, 0) is 0 Å². The Bertz CT molecular complexity index is 200. The molecular formula is C13H26F2N2. The minimum absolute atomic E-state index is 0.100. The Balaban J connectivity index is 2.36. The van der Waals surface area contributed by atoms with Crippen LogP contribution in [0.1, 0.15) is 39.0 Å². The monoisotopic (exact) mass is 248 g/mol. The molecule has 0 radical (unpaired) electrons. The first-order valence-corrected chi connectivity index (χ1v) is 6.83. The van der Waals surface area contributed by atoms with Crippen LogP contribution in [0.4, 0.5) is 8.78 Å². The molecule has 2 atom stereocenters. The fraction of sp³-hybridized carbons (Fsp3) is 1.00. The van der Waals surface area contributed by atoms with Crippen molar-refractivity contribution in [2.24, 2.45) is 5.92 Å².